The molecule has 1 saturated carbocycles. The first-order valence-electron chi connectivity index (χ1n) is 6.46. The molecule has 0 amide bonds. The summed E-state index contributed by atoms with van der Waals surface area (Å²) in [7, 11) is 0. The standard InChI is InChI=1S/C14H17Cl2NO2/c15-11-5-6-13(16)10(7-11)8-17(9-14(18)19)12-3-1-2-4-12/h5-7,12H,1-4,8-9H2,(H,18,19). The first-order chi connectivity index (χ1) is 9.06. The molecule has 1 fully saturated rings. The van der Waals surface area contributed by atoms with Crippen LogP contribution in [0.25, 0.3) is 0 Å². The van der Waals surface area contributed by atoms with Crippen LogP contribution in [0, 0.1) is 0 Å². The minimum Gasteiger partial charge on any atom is -0.480 e. The molecule has 1 aromatic rings. The Balaban J connectivity index is 2.14. The first-order valence-corrected chi connectivity index (χ1v) is 7.21. The number of hydrogen-bond acceptors (Lipinski definition) is 2. The molecule has 1 aliphatic rings. The van der Waals surface area contributed by atoms with E-state index < -0.39 is 5.97 Å². The predicted octanol–water partition coefficient (Wildman–Crippen LogP) is 3.82. The molecule has 0 saturated heterocycles. The first kappa shape index (κ1) is 14.6. The highest BCUT2D eigenvalue weighted by atomic mass is 35.5. The Hall–Kier alpha value is -0.770. The van der Waals surface area contributed by atoms with Gasteiger partial charge in [0.05, 0.1) is 6.54 Å². The highest BCUT2D eigenvalue weighted by molar-refractivity contribution is 6.33. The van der Waals surface area contributed by atoms with Gasteiger partial charge >= 0.3 is 5.97 Å². The van der Waals surface area contributed by atoms with E-state index in [4.69, 9.17) is 28.3 Å². The van der Waals surface area contributed by atoms with Crippen LogP contribution >= 0.6 is 23.2 Å². The molecule has 104 valence electrons. The van der Waals surface area contributed by atoms with Gasteiger partial charge in [-0.05, 0) is 36.6 Å². The van der Waals surface area contributed by atoms with Crippen LogP contribution in [-0.2, 0) is 11.3 Å². The van der Waals surface area contributed by atoms with Crippen molar-refractivity contribution in [3.8, 4) is 0 Å². The van der Waals surface area contributed by atoms with Crippen molar-refractivity contribution in [3.05, 3.63) is 33.8 Å². The minimum atomic E-state index is -0.801. The minimum absolute atomic E-state index is 0.0491. The van der Waals surface area contributed by atoms with E-state index >= 15 is 0 Å². The summed E-state index contributed by atoms with van der Waals surface area (Å²) in [5, 5.41) is 10.3. The normalized spacial score (nSPS) is 16.2. The van der Waals surface area contributed by atoms with Crippen LogP contribution in [0.5, 0.6) is 0 Å². The third-order valence-electron chi connectivity index (χ3n) is 3.56. The molecule has 0 heterocycles. The summed E-state index contributed by atoms with van der Waals surface area (Å²) >= 11 is 12.1. The van der Waals surface area contributed by atoms with Gasteiger partial charge in [0.1, 0.15) is 0 Å². The van der Waals surface area contributed by atoms with Gasteiger partial charge in [-0.2, -0.15) is 0 Å². The molecular formula is C14H17Cl2NO2. The summed E-state index contributed by atoms with van der Waals surface area (Å²) in [4.78, 5) is 13.0. The van der Waals surface area contributed by atoms with Crippen molar-refractivity contribution in [1.82, 2.24) is 4.90 Å². The Morgan fingerprint density at radius 1 is 1.32 bits per heavy atom. The SMILES string of the molecule is O=C(O)CN(Cc1cc(Cl)ccc1Cl)C1CCCC1. The molecule has 3 nitrogen and oxygen atoms in total. The van der Waals surface area contributed by atoms with Gasteiger partial charge < -0.3 is 5.11 Å². The fourth-order valence-electron chi connectivity index (χ4n) is 2.64. The van der Waals surface area contributed by atoms with E-state index in [0.717, 1.165) is 18.4 Å². The number of carboxylic acid groups (broad SMARTS) is 1. The maximum atomic E-state index is 11.0. The fourth-order valence-corrected chi connectivity index (χ4v) is 3.01. The Bertz CT molecular complexity index is 459. The zero-order valence-corrected chi connectivity index (χ0v) is 12.1. The zero-order valence-electron chi connectivity index (χ0n) is 10.6. The number of hydrogen-bond donors (Lipinski definition) is 1. The average molecular weight is 302 g/mol. The smallest absolute Gasteiger partial charge is 0.317 e. The summed E-state index contributed by atoms with van der Waals surface area (Å²) in [5.74, 6) is -0.801. The maximum absolute atomic E-state index is 11.0. The lowest BCUT2D eigenvalue weighted by Gasteiger charge is -2.27. The van der Waals surface area contributed by atoms with Crippen molar-refractivity contribution in [2.45, 2.75) is 38.3 Å². The molecule has 0 radical (unpaired) electrons. The van der Waals surface area contributed by atoms with Crippen molar-refractivity contribution in [2.75, 3.05) is 6.54 Å². The van der Waals surface area contributed by atoms with Crippen LogP contribution in [0.4, 0.5) is 0 Å². The van der Waals surface area contributed by atoms with Gasteiger partial charge in [0, 0.05) is 22.6 Å². The second-order valence-electron chi connectivity index (χ2n) is 4.97. The van der Waals surface area contributed by atoms with Crippen molar-refractivity contribution < 1.29 is 9.90 Å². The summed E-state index contributed by atoms with van der Waals surface area (Å²) in [6.45, 7) is 0.587. The second kappa shape index (κ2) is 6.60. The van der Waals surface area contributed by atoms with E-state index in [1.165, 1.54) is 12.8 Å². The molecule has 19 heavy (non-hydrogen) atoms. The number of carbonyl (C=O) groups is 1. The third kappa shape index (κ3) is 4.10. The lowest BCUT2D eigenvalue weighted by molar-refractivity contribution is -0.139. The van der Waals surface area contributed by atoms with Gasteiger partial charge in [0.2, 0.25) is 0 Å². The monoisotopic (exact) mass is 301 g/mol. The summed E-state index contributed by atoms with van der Waals surface area (Å²) in [6, 6.07) is 5.65. The highest BCUT2D eigenvalue weighted by Crippen LogP contribution is 2.27. The second-order valence-corrected chi connectivity index (χ2v) is 5.82. The number of benzene rings is 1. The number of carboxylic acids is 1. The van der Waals surface area contributed by atoms with E-state index in [1.54, 1.807) is 12.1 Å². The largest absolute Gasteiger partial charge is 0.480 e. The Labute approximate surface area is 123 Å². The van der Waals surface area contributed by atoms with Gasteiger partial charge in [-0.15, -0.1) is 0 Å². The molecular weight excluding hydrogens is 285 g/mol. The Kier molecular flexibility index (Phi) is 5.08. The van der Waals surface area contributed by atoms with Gasteiger partial charge in [0.15, 0.2) is 0 Å². The van der Waals surface area contributed by atoms with Gasteiger partial charge in [-0.1, -0.05) is 36.0 Å². The lowest BCUT2D eigenvalue weighted by atomic mass is 10.1. The fraction of sp³-hybridized carbons (Fsp3) is 0.500. The Morgan fingerprint density at radius 2 is 2.00 bits per heavy atom. The van der Waals surface area contributed by atoms with Crippen LogP contribution in [0.1, 0.15) is 31.2 Å². The zero-order chi connectivity index (χ0) is 13.8. The van der Waals surface area contributed by atoms with Gasteiger partial charge in [-0.25, -0.2) is 0 Å². The van der Waals surface area contributed by atoms with Gasteiger partial charge in [0.25, 0.3) is 0 Å². The van der Waals surface area contributed by atoms with Crippen molar-refractivity contribution in [3.63, 3.8) is 0 Å². The third-order valence-corrected chi connectivity index (χ3v) is 4.16. The van der Waals surface area contributed by atoms with E-state index in [0.29, 0.717) is 22.6 Å². The molecule has 0 aromatic heterocycles. The van der Waals surface area contributed by atoms with E-state index in [1.807, 2.05) is 11.0 Å². The van der Waals surface area contributed by atoms with E-state index in [9.17, 15) is 4.79 Å². The van der Waals surface area contributed by atoms with Crippen molar-refractivity contribution in [1.29, 1.82) is 0 Å². The van der Waals surface area contributed by atoms with Gasteiger partial charge in [-0.3, -0.25) is 9.69 Å². The van der Waals surface area contributed by atoms with Crippen LogP contribution < -0.4 is 0 Å². The average Bonchev–Trinajstić information content (AvgIpc) is 2.86. The quantitative estimate of drug-likeness (QED) is 0.899. The molecule has 0 unspecified atom stereocenters. The number of halogens is 2. The van der Waals surface area contributed by atoms with Crippen LogP contribution in [0.15, 0.2) is 18.2 Å². The van der Waals surface area contributed by atoms with E-state index in [2.05, 4.69) is 0 Å². The predicted molar refractivity (Wildman–Crippen MR) is 76.8 cm³/mol. The van der Waals surface area contributed by atoms with E-state index in [-0.39, 0.29) is 6.54 Å². The highest BCUT2D eigenvalue weighted by Gasteiger charge is 2.24. The van der Waals surface area contributed by atoms with Crippen LogP contribution in [-0.4, -0.2) is 28.6 Å². The molecule has 2 rings (SSSR count). The summed E-state index contributed by atoms with van der Waals surface area (Å²) in [5.41, 5.74) is 0.891. The van der Waals surface area contributed by atoms with Crippen molar-refractivity contribution >= 4 is 29.2 Å². The molecule has 0 aliphatic heterocycles. The van der Waals surface area contributed by atoms with Crippen molar-refractivity contribution in [2.24, 2.45) is 0 Å². The lowest BCUT2D eigenvalue weighted by Crippen LogP contribution is -2.37. The Morgan fingerprint density at radius 3 is 2.63 bits per heavy atom. The topological polar surface area (TPSA) is 40.5 Å². The van der Waals surface area contributed by atoms with Crippen LogP contribution in [0.3, 0.4) is 0 Å². The van der Waals surface area contributed by atoms with Crippen LogP contribution in [0.2, 0.25) is 10.0 Å². The molecule has 0 spiro atoms. The molecule has 5 heteroatoms. The number of rotatable bonds is 5. The molecule has 0 bridgehead atoms. The molecule has 0 atom stereocenters. The number of nitrogens with zero attached hydrogens (tertiary/aromatic N) is 1. The number of aliphatic carboxylic acids is 1. The molecule has 1 N–H and O–H groups in total. The summed E-state index contributed by atoms with van der Waals surface area (Å²) < 4.78 is 0. The maximum Gasteiger partial charge on any atom is 0.317 e. The summed E-state index contributed by atoms with van der Waals surface area (Å²) in [6.07, 6.45) is 4.46. The molecule has 1 aromatic carbocycles. The molecule has 1 aliphatic carbocycles.